The zero-order valence-corrected chi connectivity index (χ0v) is 11.6. The van der Waals surface area contributed by atoms with Crippen molar-refractivity contribution >= 4 is 5.91 Å². The van der Waals surface area contributed by atoms with Gasteiger partial charge < -0.3 is 11.1 Å². The lowest BCUT2D eigenvalue weighted by molar-refractivity contribution is -0.123. The average molecular weight is 241 g/mol. The maximum atomic E-state index is 11.9. The first-order valence-electron chi connectivity index (χ1n) is 6.67. The number of nitrogens with two attached hydrogens (primary N) is 1. The van der Waals surface area contributed by atoms with E-state index in [0.29, 0.717) is 24.4 Å². The molecule has 0 aromatic rings. The first kappa shape index (κ1) is 14.5. The van der Waals surface area contributed by atoms with Crippen LogP contribution in [0.4, 0.5) is 0 Å². The van der Waals surface area contributed by atoms with Gasteiger partial charge in [0.15, 0.2) is 0 Å². The van der Waals surface area contributed by atoms with Gasteiger partial charge in [-0.2, -0.15) is 0 Å². The molecule has 1 heterocycles. The molecular weight excluding hydrogens is 214 g/mol. The van der Waals surface area contributed by atoms with Crippen LogP contribution < -0.4 is 11.1 Å². The van der Waals surface area contributed by atoms with Crippen LogP contribution in [-0.4, -0.2) is 42.5 Å². The molecule has 4 heteroatoms. The molecule has 3 N–H and O–H groups in total. The number of hydrogen-bond donors (Lipinski definition) is 2. The molecule has 1 fully saturated rings. The van der Waals surface area contributed by atoms with Gasteiger partial charge in [-0.15, -0.1) is 0 Å². The van der Waals surface area contributed by atoms with Gasteiger partial charge in [-0.25, -0.2) is 0 Å². The summed E-state index contributed by atoms with van der Waals surface area (Å²) < 4.78 is 0. The molecule has 17 heavy (non-hydrogen) atoms. The third-order valence-electron chi connectivity index (χ3n) is 3.86. The van der Waals surface area contributed by atoms with Crippen molar-refractivity contribution in [1.82, 2.24) is 10.2 Å². The lowest BCUT2D eigenvalue weighted by Crippen LogP contribution is -2.43. The number of likely N-dealkylation sites (tertiary alicyclic amines) is 1. The number of nitrogens with zero attached hydrogens (tertiary/aromatic N) is 1. The molecule has 0 saturated carbocycles. The Kier molecular flexibility index (Phi) is 5.40. The quantitative estimate of drug-likeness (QED) is 0.749. The third kappa shape index (κ3) is 4.28. The Balaban J connectivity index is 2.36. The van der Waals surface area contributed by atoms with Gasteiger partial charge in [0, 0.05) is 18.6 Å². The summed E-state index contributed by atoms with van der Waals surface area (Å²) in [6.45, 7) is 10.7. The largest absolute Gasteiger partial charge is 0.352 e. The monoisotopic (exact) mass is 241 g/mol. The van der Waals surface area contributed by atoms with Crippen LogP contribution in [0.2, 0.25) is 0 Å². The fourth-order valence-corrected chi connectivity index (χ4v) is 2.26. The molecule has 1 saturated heterocycles. The summed E-state index contributed by atoms with van der Waals surface area (Å²) in [6.07, 6.45) is 1.11. The van der Waals surface area contributed by atoms with E-state index in [1.54, 1.807) is 0 Å². The minimum Gasteiger partial charge on any atom is -0.352 e. The third-order valence-corrected chi connectivity index (χ3v) is 3.86. The van der Waals surface area contributed by atoms with E-state index < -0.39 is 0 Å². The summed E-state index contributed by atoms with van der Waals surface area (Å²) in [5.74, 6) is 1.17. The van der Waals surface area contributed by atoms with Gasteiger partial charge in [0.2, 0.25) is 5.91 Å². The molecule has 0 aromatic carbocycles. The highest BCUT2D eigenvalue weighted by Gasteiger charge is 2.29. The van der Waals surface area contributed by atoms with E-state index in [-0.39, 0.29) is 11.9 Å². The van der Waals surface area contributed by atoms with E-state index in [0.717, 1.165) is 19.5 Å². The standard InChI is InChI=1S/C13H27N3O/c1-9(2)11(4)15-13(17)8-16-7-12(6-14)5-10(16)3/h9-12H,5-8,14H2,1-4H3,(H,15,17). The van der Waals surface area contributed by atoms with E-state index >= 15 is 0 Å². The number of carbonyl (C=O) groups is 1. The highest BCUT2D eigenvalue weighted by Crippen LogP contribution is 2.21. The van der Waals surface area contributed by atoms with Crippen LogP contribution in [0.1, 0.15) is 34.1 Å². The molecule has 1 aliphatic heterocycles. The number of nitrogens with one attached hydrogen (secondary N) is 1. The molecule has 0 spiro atoms. The molecule has 100 valence electrons. The van der Waals surface area contributed by atoms with Crippen LogP contribution >= 0.6 is 0 Å². The number of carbonyl (C=O) groups excluding carboxylic acids is 1. The Morgan fingerprint density at radius 3 is 2.59 bits per heavy atom. The highest BCUT2D eigenvalue weighted by molar-refractivity contribution is 5.78. The zero-order valence-electron chi connectivity index (χ0n) is 11.6. The molecule has 3 atom stereocenters. The Bertz CT molecular complexity index is 255. The Labute approximate surface area is 105 Å². The molecule has 3 unspecified atom stereocenters. The van der Waals surface area contributed by atoms with Crippen molar-refractivity contribution in [3.8, 4) is 0 Å². The number of amides is 1. The highest BCUT2D eigenvalue weighted by atomic mass is 16.2. The minimum absolute atomic E-state index is 0.135. The second kappa shape index (κ2) is 6.36. The van der Waals surface area contributed by atoms with Gasteiger partial charge in [-0.3, -0.25) is 9.69 Å². The van der Waals surface area contributed by atoms with Crippen molar-refractivity contribution < 1.29 is 4.79 Å². The fraction of sp³-hybridized carbons (Fsp3) is 0.923. The minimum atomic E-state index is 0.135. The van der Waals surface area contributed by atoms with Crippen LogP contribution in [0.15, 0.2) is 0 Å². The van der Waals surface area contributed by atoms with E-state index in [9.17, 15) is 4.79 Å². The SMILES string of the molecule is CC(C)C(C)NC(=O)CN1CC(CN)CC1C. The van der Waals surface area contributed by atoms with Crippen molar-refractivity contribution in [3.05, 3.63) is 0 Å². The van der Waals surface area contributed by atoms with Crippen molar-refractivity contribution in [1.29, 1.82) is 0 Å². The summed E-state index contributed by atoms with van der Waals surface area (Å²) in [6, 6.07) is 0.717. The summed E-state index contributed by atoms with van der Waals surface area (Å²) in [5, 5.41) is 3.05. The van der Waals surface area contributed by atoms with Gasteiger partial charge in [0.1, 0.15) is 0 Å². The van der Waals surface area contributed by atoms with E-state index in [2.05, 4.69) is 37.9 Å². The second-order valence-corrected chi connectivity index (χ2v) is 5.72. The average Bonchev–Trinajstić information content (AvgIpc) is 2.59. The molecule has 0 bridgehead atoms. The van der Waals surface area contributed by atoms with Gasteiger partial charge in [-0.05, 0) is 38.6 Å². The predicted molar refractivity (Wildman–Crippen MR) is 70.6 cm³/mol. The van der Waals surface area contributed by atoms with Gasteiger partial charge >= 0.3 is 0 Å². The lowest BCUT2D eigenvalue weighted by Gasteiger charge is -2.23. The smallest absolute Gasteiger partial charge is 0.234 e. The Hall–Kier alpha value is -0.610. The maximum Gasteiger partial charge on any atom is 0.234 e. The predicted octanol–water partition coefficient (Wildman–Crippen LogP) is 0.816. The van der Waals surface area contributed by atoms with Crippen molar-refractivity contribution in [3.63, 3.8) is 0 Å². The Morgan fingerprint density at radius 1 is 1.47 bits per heavy atom. The molecular formula is C13H27N3O. The molecule has 0 aromatic heterocycles. The second-order valence-electron chi connectivity index (χ2n) is 5.72. The van der Waals surface area contributed by atoms with E-state index in [1.165, 1.54) is 0 Å². The van der Waals surface area contributed by atoms with Gasteiger partial charge in [0.05, 0.1) is 6.54 Å². The van der Waals surface area contributed by atoms with E-state index in [1.807, 2.05) is 0 Å². The topological polar surface area (TPSA) is 58.4 Å². The molecule has 0 radical (unpaired) electrons. The first-order chi connectivity index (χ1) is 7.93. The van der Waals surface area contributed by atoms with Crippen molar-refractivity contribution in [2.75, 3.05) is 19.6 Å². The van der Waals surface area contributed by atoms with Gasteiger partial charge in [-0.1, -0.05) is 13.8 Å². The van der Waals surface area contributed by atoms with Crippen LogP contribution in [0.3, 0.4) is 0 Å². The van der Waals surface area contributed by atoms with Crippen LogP contribution in [-0.2, 0) is 4.79 Å². The zero-order chi connectivity index (χ0) is 13.0. The Morgan fingerprint density at radius 2 is 2.12 bits per heavy atom. The number of hydrogen-bond acceptors (Lipinski definition) is 3. The number of rotatable bonds is 5. The molecule has 4 nitrogen and oxygen atoms in total. The normalized spacial score (nSPS) is 27.4. The summed E-state index contributed by atoms with van der Waals surface area (Å²) in [7, 11) is 0. The fourth-order valence-electron chi connectivity index (χ4n) is 2.26. The van der Waals surface area contributed by atoms with Gasteiger partial charge in [0.25, 0.3) is 0 Å². The lowest BCUT2D eigenvalue weighted by atomic mass is 10.1. The van der Waals surface area contributed by atoms with Crippen LogP contribution in [0, 0.1) is 11.8 Å². The summed E-state index contributed by atoms with van der Waals surface area (Å²) >= 11 is 0. The maximum absolute atomic E-state index is 11.9. The molecule has 1 rings (SSSR count). The van der Waals surface area contributed by atoms with Crippen LogP contribution in [0.5, 0.6) is 0 Å². The summed E-state index contributed by atoms with van der Waals surface area (Å²) in [5.41, 5.74) is 5.68. The van der Waals surface area contributed by atoms with Crippen molar-refractivity contribution in [2.45, 2.75) is 46.2 Å². The van der Waals surface area contributed by atoms with E-state index in [4.69, 9.17) is 5.73 Å². The first-order valence-corrected chi connectivity index (χ1v) is 6.67. The summed E-state index contributed by atoms with van der Waals surface area (Å²) in [4.78, 5) is 14.1. The molecule has 1 amide bonds. The van der Waals surface area contributed by atoms with Crippen molar-refractivity contribution in [2.24, 2.45) is 17.6 Å². The van der Waals surface area contributed by atoms with Crippen LogP contribution in [0.25, 0.3) is 0 Å². The molecule has 1 aliphatic rings. The molecule has 0 aliphatic carbocycles.